The van der Waals surface area contributed by atoms with Gasteiger partial charge in [-0.05, 0) is 75.1 Å². The minimum absolute atomic E-state index is 0.0367. The molecule has 4 aromatic carbocycles. The molecule has 0 atom stereocenters. The normalized spacial score (nSPS) is 11.7. The maximum absolute atomic E-state index is 13.2. The molecule has 0 aliphatic carbocycles. The molecule has 0 saturated carbocycles. The summed E-state index contributed by atoms with van der Waals surface area (Å²) in [6.07, 6.45) is 1.35. The number of rotatable bonds is 9. The molecule has 4 rings (SSSR count). The maximum Gasteiger partial charge on any atom is 0.339 e. The molecule has 0 radical (unpaired) electrons. The van der Waals surface area contributed by atoms with Gasteiger partial charge in [0.1, 0.15) is 4.90 Å². The zero-order valence-corrected chi connectivity index (χ0v) is 23.5. The lowest BCUT2D eigenvalue weighted by molar-refractivity contribution is -0.136. The third-order valence-corrected chi connectivity index (χ3v) is 7.58. The van der Waals surface area contributed by atoms with Crippen molar-refractivity contribution in [3.63, 3.8) is 0 Å². The Morgan fingerprint density at radius 1 is 0.900 bits per heavy atom. The second kappa shape index (κ2) is 12.2. The average molecular weight is 622 g/mol. The molecule has 0 spiro atoms. The summed E-state index contributed by atoms with van der Waals surface area (Å²) >= 11 is 3.30. The second-order valence-electron chi connectivity index (χ2n) is 8.57. The fourth-order valence-electron chi connectivity index (χ4n) is 3.77. The second-order valence-corrected chi connectivity index (χ2v) is 11.0. The van der Waals surface area contributed by atoms with Gasteiger partial charge in [0.05, 0.1) is 10.7 Å². The van der Waals surface area contributed by atoms with Crippen LogP contribution in [0.15, 0.2) is 118 Å². The molecule has 0 unspecified atom stereocenters. The molecule has 2 amide bonds. The Morgan fingerprint density at radius 3 is 2.00 bits per heavy atom. The van der Waals surface area contributed by atoms with E-state index in [0.29, 0.717) is 26.9 Å². The summed E-state index contributed by atoms with van der Waals surface area (Å²) in [5.74, 6) is -0.993. The van der Waals surface area contributed by atoms with Gasteiger partial charge in [-0.2, -0.15) is 13.5 Å². The number of halogens is 1. The van der Waals surface area contributed by atoms with E-state index in [1.807, 2.05) is 0 Å². The molecule has 0 aliphatic rings. The highest BCUT2D eigenvalue weighted by molar-refractivity contribution is 9.10. The molecule has 0 bridgehead atoms. The number of nitrogens with zero attached hydrogens (tertiary/aromatic N) is 1. The highest BCUT2D eigenvalue weighted by atomic mass is 79.9. The molecule has 0 fully saturated rings. The van der Waals surface area contributed by atoms with Crippen molar-refractivity contribution in [2.24, 2.45) is 5.10 Å². The summed E-state index contributed by atoms with van der Waals surface area (Å²) < 4.78 is 31.0. The van der Waals surface area contributed by atoms with Crippen molar-refractivity contribution < 1.29 is 27.3 Å². The molecule has 9 nitrogen and oxygen atoms in total. The van der Waals surface area contributed by atoms with E-state index in [2.05, 4.69) is 31.8 Å². The predicted octanol–water partition coefficient (Wildman–Crippen LogP) is 4.56. The number of hydrogen-bond acceptors (Lipinski definition) is 7. The van der Waals surface area contributed by atoms with Crippen molar-refractivity contribution in [3.8, 4) is 5.75 Å². The first-order valence-corrected chi connectivity index (χ1v) is 14.1. The number of benzene rings is 4. The van der Waals surface area contributed by atoms with Gasteiger partial charge in [-0.15, -0.1) is 0 Å². The summed E-state index contributed by atoms with van der Waals surface area (Å²) in [6, 6.07) is 27.2. The van der Waals surface area contributed by atoms with Crippen LogP contribution in [-0.4, -0.2) is 31.6 Å². The molecule has 0 aliphatic heterocycles. The smallest absolute Gasteiger partial charge is 0.339 e. The summed E-state index contributed by atoms with van der Waals surface area (Å²) in [6.45, 7) is 1.35. The monoisotopic (exact) mass is 621 g/mol. The lowest BCUT2D eigenvalue weighted by Crippen LogP contribution is -2.43. The fraction of sp³-hybridized carbons (Fsp3) is 0.0690. The van der Waals surface area contributed by atoms with Gasteiger partial charge in [0.15, 0.2) is 11.4 Å². The van der Waals surface area contributed by atoms with Gasteiger partial charge in [0.2, 0.25) is 5.91 Å². The SMILES string of the molecule is CC(=O)Nc1ccc(S(=O)(=O)Oc2ccc(/C=N\NC(=O)C(O)(c3ccccc3)c3ccccc3)cc2Br)cc1. The largest absolute Gasteiger partial charge is 0.378 e. The molecule has 0 aromatic heterocycles. The van der Waals surface area contributed by atoms with Gasteiger partial charge < -0.3 is 14.6 Å². The molecule has 4 aromatic rings. The zero-order valence-electron chi connectivity index (χ0n) is 21.1. The van der Waals surface area contributed by atoms with Crippen molar-refractivity contribution in [1.82, 2.24) is 5.43 Å². The first-order valence-electron chi connectivity index (χ1n) is 11.9. The number of aliphatic hydroxyl groups is 1. The Balaban J connectivity index is 1.47. The van der Waals surface area contributed by atoms with Crippen LogP contribution in [0.1, 0.15) is 23.6 Å². The third-order valence-electron chi connectivity index (χ3n) is 5.71. The predicted molar refractivity (Wildman–Crippen MR) is 154 cm³/mol. The topological polar surface area (TPSA) is 134 Å². The van der Waals surface area contributed by atoms with E-state index in [1.165, 1.54) is 43.5 Å². The highest BCUT2D eigenvalue weighted by Crippen LogP contribution is 2.31. The van der Waals surface area contributed by atoms with E-state index in [4.69, 9.17) is 4.18 Å². The van der Waals surface area contributed by atoms with E-state index >= 15 is 0 Å². The number of hydrogen-bond donors (Lipinski definition) is 3. The van der Waals surface area contributed by atoms with E-state index < -0.39 is 21.6 Å². The quantitative estimate of drug-likeness (QED) is 0.142. The van der Waals surface area contributed by atoms with Crippen LogP contribution in [0.2, 0.25) is 0 Å². The number of hydrazone groups is 1. The van der Waals surface area contributed by atoms with Gasteiger partial charge in [0, 0.05) is 12.6 Å². The Bertz CT molecular complexity index is 1610. The van der Waals surface area contributed by atoms with Crippen LogP contribution in [0, 0.1) is 0 Å². The number of carbonyl (C=O) groups excluding carboxylic acids is 2. The highest BCUT2D eigenvalue weighted by Gasteiger charge is 2.39. The minimum Gasteiger partial charge on any atom is -0.378 e. The van der Waals surface area contributed by atoms with Gasteiger partial charge in [0.25, 0.3) is 5.91 Å². The number of nitrogens with one attached hydrogen (secondary N) is 2. The maximum atomic E-state index is 13.2. The van der Waals surface area contributed by atoms with Gasteiger partial charge in [-0.1, -0.05) is 60.7 Å². The van der Waals surface area contributed by atoms with E-state index in [-0.39, 0.29) is 16.6 Å². The molecule has 11 heteroatoms. The van der Waals surface area contributed by atoms with Crippen molar-refractivity contribution in [2.75, 3.05) is 5.32 Å². The van der Waals surface area contributed by atoms with Gasteiger partial charge in [-0.3, -0.25) is 9.59 Å². The minimum atomic E-state index is -4.15. The molecule has 40 heavy (non-hydrogen) atoms. The molecular weight excluding hydrogens is 598 g/mol. The number of carbonyl (C=O) groups is 2. The molecule has 0 saturated heterocycles. The van der Waals surface area contributed by atoms with Crippen LogP contribution >= 0.6 is 15.9 Å². The van der Waals surface area contributed by atoms with Gasteiger partial charge in [-0.25, -0.2) is 5.43 Å². The summed E-state index contributed by atoms with van der Waals surface area (Å²) in [5, 5.41) is 18.0. The standard InChI is InChI=1S/C29H24BrN3O6S/c1-20(34)32-24-13-15-25(16-14-24)40(37,38)39-27-17-12-21(18-26(27)30)19-31-33-28(35)29(36,22-8-4-2-5-9-22)23-10-6-3-7-11-23/h2-19,36H,1H3,(H,32,34)(H,33,35)/b31-19-. The lowest BCUT2D eigenvalue weighted by atomic mass is 9.85. The van der Waals surface area contributed by atoms with Gasteiger partial charge >= 0.3 is 10.1 Å². The summed E-state index contributed by atoms with van der Waals surface area (Å²) in [5.41, 5.74) is 2.14. The van der Waals surface area contributed by atoms with Crippen LogP contribution in [0.5, 0.6) is 5.75 Å². The van der Waals surface area contributed by atoms with Crippen LogP contribution in [0.4, 0.5) is 5.69 Å². The molecule has 0 heterocycles. The first kappa shape index (κ1) is 28.7. The van der Waals surface area contributed by atoms with Crippen molar-refractivity contribution in [1.29, 1.82) is 0 Å². The average Bonchev–Trinajstić information content (AvgIpc) is 2.95. The Kier molecular flexibility index (Phi) is 8.78. The van der Waals surface area contributed by atoms with Crippen molar-refractivity contribution >= 4 is 49.8 Å². The van der Waals surface area contributed by atoms with Crippen LogP contribution < -0.4 is 14.9 Å². The van der Waals surface area contributed by atoms with Crippen molar-refractivity contribution in [3.05, 3.63) is 124 Å². The first-order chi connectivity index (χ1) is 19.1. The Morgan fingerprint density at radius 2 is 1.48 bits per heavy atom. The fourth-order valence-corrected chi connectivity index (χ4v) is 5.31. The van der Waals surface area contributed by atoms with Crippen LogP contribution in [-0.2, 0) is 25.3 Å². The lowest BCUT2D eigenvalue weighted by Gasteiger charge is -2.27. The van der Waals surface area contributed by atoms with E-state index in [9.17, 15) is 23.1 Å². The molecule has 204 valence electrons. The molecular formula is C29H24BrN3O6S. The third kappa shape index (κ3) is 6.63. The van der Waals surface area contributed by atoms with E-state index in [1.54, 1.807) is 72.8 Å². The summed E-state index contributed by atoms with van der Waals surface area (Å²) in [7, 11) is -4.15. The summed E-state index contributed by atoms with van der Waals surface area (Å²) in [4.78, 5) is 24.2. The number of amides is 2. The van der Waals surface area contributed by atoms with Crippen LogP contribution in [0.25, 0.3) is 0 Å². The zero-order chi connectivity index (χ0) is 28.8. The van der Waals surface area contributed by atoms with Crippen LogP contribution in [0.3, 0.4) is 0 Å². The molecule has 3 N–H and O–H groups in total. The Hall–Kier alpha value is -4.32. The van der Waals surface area contributed by atoms with E-state index in [0.717, 1.165) is 0 Å². The Labute approximate surface area is 239 Å². The van der Waals surface area contributed by atoms with Crippen molar-refractivity contribution in [2.45, 2.75) is 17.4 Å². The number of anilines is 1.